The minimum Gasteiger partial charge on any atom is -0.447 e. The van der Waals surface area contributed by atoms with Crippen molar-refractivity contribution >= 4 is 35.4 Å². The Balaban J connectivity index is 0.807. The molecule has 0 spiro atoms. The standard InChI is InChI=1S/C44H46F2N6O8/c45-37-21-29(1-11-39(37)49-13-17-57-18-14-49)25-51-35(27-59-43(51)55)23-47-41(53)33-7-3-31(4-8-33)32-5-9-34(10-6-32)42(54)48-24-36-28-60-44(56)52(36)26-30-2-12-40(38(46)22-30)50-15-19-58-20-16-50/h1-12,21-22,35-36H,13-20,23-28H2,(H,47,53)(H,48,54). The molecule has 8 rings (SSSR count). The lowest BCUT2D eigenvalue weighted by Crippen LogP contribution is -2.42. The van der Waals surface area contributed by atoms with Crippen molar-refractivity contribution < 1.29 is 46.9 Å². The fraction of sp³-hybridized carbons (Fsp3) is 0.364. The van der Waals surface area contributed by atoms with Crippen LogP contribution < -0.4 is 20.4 Å². The molecule has 4 aromatic carbocycles. The molecule has 16 heteroatoms. The number of carbonyl (C=O) groups excluding carboxylic acids is 4. The molecule has 314 valence electrons. The number of nitrogens with one attached hydrogen (secondary N) is 2. The number of nitrogens with zero attached hydrogens (tertiary/aromatic N) is 4. The monoisotopic (exact) mass is 824 g/mol. The molecule has 4 saturated heterocycles. The van der Waals surface area contributed by atoms with E-state index in [1.165, 1.54) is 21.9 Å². The lowest BCUT2D eigenvalue weighted by atomic mass is 10.0. The summed E-state index contributed by atoms with van der Waals surface area (Å²) in [6, 6.07) is 23.0. The zero-order chi connectivity index (χ0) is 41.6. The molecule has 4 fully saturated rings. The highest BCUT2D eigenvalue weighted by Crippen LogP contribution is 2.26. The van der Waals surface area contributed by atoms with E-state index in [2.05, 4.69) is 10.6 Å². The normalized spacial score (nSPS) is 19.3. The van der Waals surface area contributed by atoms with Crippen molar-refractivity contribution in [3.8, 4) is 11.1 Å². The van der Waals surface area contributed by atoms with Gasteiger partial charge in [0.2, 0.25) is 0 Å². The van der Waals surface area contributed by atoms with Gasteiger partial charge in [0.05, 0.1) is 49.9 Å². The highest BCUT2D eigenvalue weighted by atomic mass is 19.1. The van der Waals surface area contributed by atoms with E-state index in [1.54, 1.807) is 72.8 Å². The SMILES string of the molecule is O=C(NCC1COC(=O)N1Cc1ccc(N2CCOCC2)c(F)c1)c1ccc(-c2ccc(C(=O)NCC3COC(=O)N3Cc3ccc(N4CCOCC4)c(F)c3)cc2)cc1. The second-order valence-electron chi connectivity index (χ2n) is 15.1. The maximum atomic E-state index is 15.0. The predicted molar refractivity (Wildman–Crippen MR) is 217 cm³/mol. The number of carbonyl (C=O) groups is 4. The zero-order valence-corrected chi connectivity index (χ0v) is 32.9. The fourth-order valence-corrected chi connectivity index (χ4v) is 7.77. The summed E-state index contributed by atoms with van der Waals surface area (Å²) in [7, 11) is 0. The summed E-state index contributed by atoms with van der Waals surface area (Å²) in [5.74, 6) is -1.38. The minimum absolute atomic E-state index is 0.0983. The van der Waals surface area contributed by atoms with E-state index in [4.69, 9.17) is 18.9 Å². The largest absolute Gasteiger partial charge is 0.447 e. The van der Waals surface area contributed by atoms with E-state index in [9.17, 15) is 19.2 Å². The molecule has 60 heavy (non-hydrogen) atoms. The molecule has 4 aromatic rings. The van der Waals surface area contributed by atoms with Gasteiger partial charge in [-0.25, -0.2) is 18.4 Å². The van der Waals surface area contributed by atoms with Gasteiger partial charge in [-0.05, 0) is 70.8 Å². The summed E-state index contributed by atoms with van der Waals surface area (Å²) in [6.07, 6.45) is -1.05. The van der Waals surface area contributed by atoms with E-state index in [-0.39, 0.29) is 62.8 Å². The van der Waals surface area contributed by atoms with Crippen LogP contribution >= 0.6 is 0 Å². The third-order valence-corrected chi connectivity index (χ3v) is 11.2. The summed E-state index contributed by atoms with van der Waals surface area (Å²) in [6.45, 7) is 5.37. The maximum Gasteiger partial charge on any atom is 0.410 e. The molecule has 2 N–H and O–H groups in total. The molecule has 2 atom stereocenters. The number of morpholine rings is 2. The molecule has 0 radical (unpaired) electrons. The number of hydrogen-bond acceptors (Lipinski definition) is 10. The first-order valence-corrected chi connectivity index (χ1v) is 20.1. The summed E-state index contributed by atoms with van der Waals surface area (Å²) in [5.41, 5.74) is 4.74. The van der Waals surface area contributed by atoms with Gasteiger partial charge in [-0.15, -0.1) is 0 Å². The molecule has 4 aliphatic rings. The second kappa shape index (κ2) is 18.3. The highest BCUT2D eigenvalue weighted by molar-refractivity contribution is 5.96. The molecule has 4 heterocycles. The molecule has 0 aliphatic carbocycles. The lowest BCUT2D eigenvalue weighted by Gasteiger charge is -2.29. The van der Waals surface area contributed by atoms with Crippen LogP contribution in [0.5, 0.6) is 0 Å². The van der Waals surface area contributed by atoms with Crippen LogP contribution in [0.25, 0.3) is 11.1 Å². The van der Waals surface area contributed by atoms with Gasteiger partial charge >= 0.3 is 12.2 Å². The van der Waals surface area contributed by atoms with Crippen LogP contribution in [0.15, 0.2) is 84.9 Å². The van der Waals surface area contributed by atoms with Gasteiger partial charge in [0.15, 0.2) is 0 Å². The van der Waals surface area contributed by atoms with Gasteiger partial charge in [-0.2, -0.15) is 0 Å². The van der Waals surface area contributed by atoms with Crippen molar-refractivity contribution in [2.75, 3.05) is 88.7 Å². The van der Waals surface area contributed by atoms with Gasteiger partial charge in [0, 0.05) is 63.5 Å². The van der Waals surface area contributed by atoms with Gasteiger partial charge in [0.25, 0.3) is 11.8 Å². The van der Waals surface area contributed by atoms with Crippen molar-refractivity contribution in [1.82, 2.24) is 20.4 Å². The first-order valence-electron chi connectivity index (χ1n) is 20.1. The third-order valence-electron chi connectivity index (χ3n) is 11.2. The molecular formula is C44H46F2N6O8. The number of benzene rings is 4. The Bertz CT molecular complexity index is 2040. The van der Waals surface area contributed by atoms with Gasteiger partial charge in [0.1, 0.15) is 24.8 Å². The van der Waals surface area contributed by atoms with Crippen molar-refractivity contribution in [2.24, 2.45) is 0 Å². The minimum atomic E-state index is -0.525. The van der Waals surface area contributed by atoms with Gasteiger partial charge in [-0.1, -0.05) is 36.4 Å². The van der Waals surface area contributed by atoms with E-state index >= 15 is 8.78 Å². The maximum absolute atomic E-state index is 15.0. The molecular weight excluding hydrogens is 779 g/mol. The van der Waals surface area contributed by atoms with Crippen LogP contribution in [-0.2, 0) is 32.0 Å². The van der Waals surface area contributed by atoms with Crippen LogP contribution in [0, 0.1) is 11.6 Å². The van der Waals surface area contributed by atoms with E-state index < -0.39 is 24.3 Å². The van der Waals surface area contributed by atoms with Gasteiger partial charge < -0.3 is 39.4 Å². The summed E-state index contributed by atoms with van der Waals surface area (Å²) in [4.78, 5) is 58.2. The lowest BCUT2D eigenvalue weighted by molar-refractivity contribution is 0.0935. The molecule has 2 unspecified atom stereocenters. The number of amides is 4. The first-order chi connectivity index (χ1) is 29.2. The predicted octanol–water partition coefficient (Wildman–Crippen LogP) is 4.81. The topological polar surface area (TPSA) is 142 Å². The Morgan fingerprint density at radius 3 is 1.32 bits per heavy atom. The van der Waals surface area contributed by atoms with Crippen LogP contribution in [0.2, 0.25) is 0 Å². The van der Waals surface area contributed by atoms with Crippen LogP contribution in [-0.4, -0.2) is 125 Å². The number of hydrogen-bond donors (Lipinski definition) is 2. The van der Waals surface area contributed by atoms with Crippen LogP contribution in [0.4, 0.5) is 29.7 Å². The Morgan fingerprint density at radius 1 is 0.567 bits per heavy atom. The number of rotatable bonds is 13. The Hall–Kier alpha value is -6.26. The summed E-state index contributed by atoms with van der Waals surface area (Å²) < 4.78 is 51.3. The Labute approximate surface area is 345 Å². The molecule has 14 nitrogen and oxygen atoms in total. The molecule has 0 bridgehead atoms. The average Bonchev–Trinajstić information content (AvgIpc) is 3.81. The van der Waals surface area contributed by atoms with Crippen molar-refractivity contribution in [3.05, 3.63) is 119 Å². The fourth-order valence-electron chi connectivity index (χ4n) is 7.77. The summed E-state index contributed by atoms with van der Waals surface area (Å²) in [5, 5.41) is 5.77. The van der Waals surface area contributed by atoms with E-state index in [0.717, 1.165) is 11.1 Å². The smallest absolute Gasteiger partial charge is 0.410 e. The van der Waals surface area contributed by atoms with Gasteiger partial charge in [-0.3, -0.25) is 19.4 Å². The van der Waals surface area contributed by atoms with E-state index in [0.29, 0.717) is 86.2 Å². The second-order valence-corrected chi connectivity index (χ2v) is 15.1. The van der Waals surface area contributed by atoms with Crippen molar-refractivity contribution in [2.45, 2.75) is 25.2 Å². The van der Waals surface area contributed by atoms with Crippen LogP contribution in [0.1, 0.15) is 31.8 Å². The van der Waals surface area contributed by atoms with E-state index in [1.807, 2.05) is 9.80 Å². The molecule has 0 saturated carbocycles. The van der Waals surface area contributed by atoms with Crippen molar-refractivity contribution in [3.63, 3.8) is 0 Å². The Morgan fingerprint density at radius 2 is 0.950 bits per heavy atom. The number of halogens is 2. The number of ether oxygens (including phenoxy) is 4. The number of anilines is 2. The third kappa shape index (κ3) is 9.29. The molecule has 0 aromatic heterocycles. The Kier molecular flexibility index (Phi) is 12.4. The summed E-state index contributed by atoms with van der Waals surface area (Å²) >= 11 is 0. The number of cyclic esters (lactones) is 2. The van der Waals surface area contributed by atoms with Crippen molar-refractivity contribution in [1.29, 1.82) is 0 Å². The van der Waals surface area contributed by atoms with Crippen LogP contribution in [0.3, 0.4) is 0 Å². The molecule has 4 amide bonds. The highest BCUT2D eigenvalue weighted by Gasteiger charge is 2.35. The molecule has 4 aliphatic heterocycles. The quantitative estimate of drug-likeness (QED) is 0.193. The average molecular weight is 825 g/mol. The zero-order valence-electron chi connectivity index (χ0n) is 32.9. The first kappa shape index (κ1) is 40.5.